The van der Waals surface area contributed by atoms with Gasteiger partial charge in [0.15, 0.2) is 0 Å². The molecule has 0 atom stereocenters. The van der Waals surface area contributed by atoms with Gasteiger partial charge in [-0.1, -0.05) is 0 Å². The average molecular weight is 355 g/mol. The highest BCUT2D eigenvalue weighted by Gasteiger charge is 2.34. The van der Waals surface area contributed by atoms with Crippen LogP contribution in [0.15, 0.2) is 12.1 Å². The van der Waals surface area contributed by atoms with Gasteiger partial charge in [0.05, 0.1) is 11.0 Å². The van der Waals surface area contributed by atoms with Gasteiger partial charge < -0.3 is 9.64 Å². The Kier molecular flexibility index (Phi) is 5.26. The molecule has 1 aliphatic rings. The number of ether oxygens (including phenoxy) is 1. The van der Waals surface area contributed by atoms with Crippen LogP contribution in [0.25, 0.3) is 0 Å². The zero-order chi connectivity index (χ0) is 18.8. The Morgan fingerprint density at radius 3 is 2.36 bits per heavy atom. The van der Waals surface area contributed by atoms with Crippen LogP contribution in [0.1, 0.15) is 44.9 Å². The molecule has 0 radical (unpaired) electrons. The molecule has 0 amide bonds. The number of hydrogen-bond acceptors (Lipinski definition) is 5. The molecule has 1 aliphatic heterocycles. The van der Waals surface area contributed by atoms with Crippen LogP contribution < -0.4 is 4.90 Å². The lowest BCUT2D eigenvalue weighted by Crippen LogP contribution is -2.40. The number of alkyl halides is 3. The molecule has 0 unspecified atom stereocenters. The molecule has 0 bridgehead atoms. The van der Waals surface area contributed by atoms with Crippen molar-refractivity contribution in [3.63, 3.8) is 0 Å². The maximum absolute atomic E-state index is 12.9. The molecule has 0 aliphatic carbocycles. The summed E-state index contributed by atoms with van der Waals surface area (Å²) in [5, 5.41) is 9.14. The molecule has 0 aromatic carbocycles. The maximum Gasteiger partial charge on any atom is 0.433 e. The van der Waals surface area contributed by atoms with Crippen molar-refractivity contribution in [2.45, 2.75) is 45.9 Å². The van der Waals surface area contributed by atoms with Gasteiger partial charge in [-0.3, -0.25) is 4.79 Å². The molecule has 0 N–H and O–H groups in total. The molecule has 0 spiro atoms. The van der Waals surface area contributed by atoms with Gasteiger partial charge in [-0.25, -0.2) is 4.98 Å². The minimum Gasteiger partial charge on any atom is -0.462 e. The summed E-state index contributed by atoms with van der Waals surface area (Å²) in [5.74, 6) is -0.279. The van der Waals surface area contributed by atoms with Crippen molar-refractivity contribution >= 4 is 11.8 Å². The van der Waals surface area contributed by atoms with Crippen molar-refractivity contribution in [3.8, 4) is 6.07 Å². The summed E-state index contributed by atoms with van der Waals surface area (Å²) in [6.45, 7) is 6.01. The van der Waals surface area contributed by atoms with E-state index in [0.717, 1.165) is 12.1 Å². The smallest absolute Gasteiger partial charge is 0.433 e. The van der Waals surface area contributed by atoms with Crippen LogP contribution >= 0.6 is 0 Å². The minimum atomic E-state index is -4.57. The van der Waals surface area contributed by atoms with E-state index in [0.29, 0.717) is 25.9 Å². The first kappa shape index (κ1) is 19.0. The predicted octanol–water partition coefficient (Wildman–Crippen LogP) is 3.53. The lowest BCUT2D eigenvalue weighted by Gasteiger charge is -2.34. The fraction of sp³-hybridized carbons (Fsp3) is 0.588. The van der Waals surface area contributed by atoms with E-state index >= 15 is 0 Å². The molecule has 1 fully saturated rings. The number of hydrogen-bond donors (Lipinski definition) is 0. The summed E-state index contributed by atoms with van der Waals surface area (Å²) in [6.07, 6.45) is -3.89. The molecule has 0 saturated carbocycles. The zero-order valence-corrected chi connectivity index (χ0v) is 14.4. The van der Waals surface area contributed by atoms with Crippen molar-refractivity contribution in [3.05, 3.63) is 23.4 Å². The van der Waals surface area contributed by atoms with E-state index < -0.39 is 17.3 Å². The number of pyridine rings is 1. The minimum absolute atomic E-state index is 0.0259. The number of rotatable bonds is 2. The summed E-state index contributed by atoms with van der Waals surface area (Å²) < 4.78 is 44.0. The molecular formula is C17H20F3N3O2. The second-order valence-corrected chi connectivity index (χ2v) is 7.02. The summed E-state index contributed by atoms with van der Waals surface area (Å²) in [5.41, 5.74) is -1.53. The van der Waals surface area contributed by atoms with Crippen molar-refractivity contribution < 1.29 is 22.7 Å². The number of nitrogens with zero attached hydrogens (tertiary/aromatic N) is 3. The Hall–Kier alpha value is -2.30. The molecule has 1 saturated heterocycles. The largest absolute Gasteiger partial charge is 0.462 e. The van der Waals surface area contributed by atoms with Crippen molar-refractivity contribution in [2.75, 3.05) is 18.0 Å². The van der Waals surface area contributed by atoms with Gasteiger partial charge in [0.25, 0.3) is 0 Å². The first-order valence-corrected chi connectivity index (χ1v) is 7.96. The third-order valence-corrected chi connectivity index (χ3v) is 3.91. The van der Waals surface area contributed by atoms with Crippen LogP contribution in [-0.4, -0.2) is 30.1 Å². The van der Waals surface area contributed by atoms with Gasteiger partial charge in [-0.15, -0.1) is 0 Å². The van der Waals surface area contributed by atoms with Crippen LogP contribution in [0, 0.1) is 16.7 Å². The summed E-state index contributed by atoms with van der Waals surface area (Å²) >= 11 is 0. The van der Waals surface area contributed by atoms with Crippen molar-refractivity contribution in [1.29, 1.82) is 5.26 Å². The van der Waals surface area contributed by atoms with E-state index in [1.165, 1.54) is 0 Å². The highest BCUT2D eigenvalue weighted by atomic mass is 19.4. The lowest BCUT2D eigenvalue weighted by atomic mass is 9.97. The Morgan fingerprint density at radius 2 is 1.88 bits per heavy atom. The lowest BCUT2D eigenvalue weighted by molar-refractivity contribution is -0.159. The number of aromatic nitrogens is 1. The average Bonchev–Trinajstić information content (AvgIpc) is 2.53. The van der Waals surface area contributed by atoms with Crippen LogP contribution in [0.5, 0.6) is 0 Å². The van der Waals surface area contributed by atoms with E-state index in [2.05, 4.69) is 4.98 Å². The number of piperidine rings is 1. The number of halogens is 3. The number of nitriles is 1. The monoisotopic (exact) mass is 355 g/mol. The molecule has 136 valence electrons. The maximum atomic E-state index is 12.9. The Bertz CT molecular complexity index is 682. The summed E-state index contributed by atoms with van der Waals surface area (Å²) in [6, 6.07) is 3.82. The second kappa shape index (κ2) is 6.90. The number of carbonyl (C=O) groups excluding carboxylic acids is 1. The fourth-order valence-corrected chi connectivity index (χ4v) is 2.45. The SMILES string of the molecule is CC(C)(C)C(=O)OC1CCN(c2nc(C(F)(F)F)ccc2C#N)CC1. The normalized spacial score (nSPS) is 16.4. The van der Waals surface area contributed by atoms with Gasteiger partial charge in [-0.2, -0.15) is 18.4 Å². The standard InChI is InChI=1S/C17H20F3N3O2/c1-16(2,3)15(24)25-12-6-8-23(9-7-12)14-11(10-21)4-5-13(22-14)17(18,19)20/h4-5,12H,6-9H2,1-3H3. The van der Waals surface area contributed by atoms with Gasteiger partial charge in [0.1, 0.15) is 23.7 Å². The molecule has 2 heterocycles. The molecule has 1 aromatic rings. The van der Waals surface area contributed by atoms with Gasteiger partial charge in [0.2, 0.25) is 0 Å². The van der Waals surface area contributed by atoms with Crippen molar-refractivity contribution in [2.24, 2.45) is 5.41 Å². The highest BCUT2D eigenvalue weighted by Crippen LogP contribution is 2.31. The Balaban J connectivity index is 2.10. The van der Waals surface area contributed by atoms with E-state index in [9.17, 15) is 18.0 Å². The number of anilines is 1. The quantitative estimate of drug-likeness (QED) is 0.759. The Morgan fingerprint density at radius 1 is 1.28 bits per heavy atom. The second-order valence-electron chi connectivity index (χ2n) is 7.02. The van der Waals surface area contributed by atoms with Crippen LogP contribution in [0.2, 0.25) is 0 Å². The highest BCUT2D eigenvalue weighted by molar-refractivity contribution is 5.75. The fourth-order valence-electron chi connectivity index (χ4n) is 2.45. The van der Waals surface area contributed by atoms with E-state index in [-0.39, 0.29) is 23.5 Å². The molecule has 25 heavy (non-hydrogen) atoms. The molecule has 8 heteroatoms. The first-order chi connectivity index (χ1) is 11.5. The van der Waals surface area contributed by atoms with Gasteiger partial charge >= 0.3 is 12.1 Å². The topological polar surface area (TPSA) is 66.2 Å². The third kappa shape index (κ3) is 4.62. The number of esters is 1. The van der Waals surface area contributed by atoms with E-state index in [1.54, 1.807) is 25.7 Å². The first-order valence-electron chi connectivity index (χ1n) is 7.96. The molecule has 5 nitrogen and oxygen atoms in total. The van der Waals surface area contributed by atoms with Crippen molar-refractivity contribution in [1.82, 2.24) is 4.98 Å². The zero-order valence-electron chi connectivity index (χ0n) is 14.4. The molecule has 1 aromatic heterocycles. The van der Waals surface area contributed by atoms with Crippen LogP contribution in [0.4, 0.5) is 19.0 Å². The van der Waals surface area contributed by atoms with E-state index in [1.807, 2.05) is 6.07 Å². The third-order valence-electron chi connectivity index (χ3n) is 3.91. The molecular weight excluding hydrogens is 335 g/mol. The van der Waals surface area contributed by atoms with Gasteiger partial charge in [-0.05, 0) is 32.9 Å². The predicted molar refractivity (Wildman–Crippen MR) is 84.7 cm³/mol. The van der Waals surface area contributed by atoms with Gasteiger partial charge in [0, 0.05) is 25.9 Å². The molecule has 2 rings (SSSR count). The van der Waals surface area contributed by atoms with Crippen LogP contribution in [0.3, 0.4) is 0 Å². The Labute approximate surface area is 144 Å². The summed E-state index contributed by atoms with van der Waals surface area (Å²) in [4.78, 5) is 17.2. The summed E-state index contributed by atoms with van der Waals surface area (Å²) in [7, 11) is 0. The number of carbonyl (C=O) groups is 1. The van der Waals surface area contributed by atoms with Crippen LogP contribution in [-0.2, 0) is 15.7 Å². The van der Waals surface area contributed by atoms with E-state index in [4.69, 9.17) is 10.00 Å².